The number of rotatable bonds is 3. The van der Waals surface area contributed by atoms with Gasteiger partial charge in [-0.2, -0.15) is 0 Å². The lowest BCUT2D eigenvalue weighted by atomic mass is 10.4. The monoisotopic (exact) mass is 178 g/mol. The highest BCUT2D eigenvalue weighted by atomic mass is 15.2. The molecule has 0 spiro atoms. The number of nitrogens with two attached hydrogens (primary N) is 1. The van der Waals surface area contributed by atoms with Crippen molar-refractivity contribution in [2.24, 2.45) is 5.92 Å². The first kappa shape index (κ1) is 8.29. The van der Waals surface area contributed by atoms with Gasteiger partial charge in [-0.15, -0.1) is 0 Å². The van der Waals surface area contributed by atoms with Crippen LogP contribution in [0, 0.1) is 5.92 Å². The van der Waals surface area contributed by atoms with Crippen molar-refractivity contribution in [2.45, 2.75) is 12.8 Å². The maximum atomic E-state index is 5.45. The Labute approximate surface area is 77.8 Å². The van der Waals surface area contributed by atoms with Gasteiger partial charge < -0.3 is 10.6 Å². The van der Waals surface area contributed by atoms with Gasteiger partial charge in [0, 0.05) is 13.6 Å². The maximum Gasteiger partial charge on any atom is 0.146 e. The molecule has 1 aromatic rings. The van der Waals surface area contributed by atoms with E-state index in [1.165, 1.54) is 12.8 Å². The van der Waals surface area contributed by atoms with Crippen molar-refractivity contribution < 1.29 is 0 Å². The number of anilines is 2. The van der Waals surface area contributed by atoms with E-state index >= 15 is 0 Å². The lowest BCUT2D eigenvalue weighted by Crippen LogP contribution is -2.21. The van der Waals surface area contributed by atoms with Gasteiger partial charge in [0.25, 0.3) is 0 Å². The molecule has 4 nitrogen and oxygen atoms in total. The Morgan fingerprint density at radius 1 is 1.46 bits per heavy atom. The molecule has 4 heteroatoms. The maximum absolute atomic E-state index is 5.45. The lowest BCUT2D eigenvalue weighted by Gasteiger charge is -2.16. The van der Waals surface area contributed by atoms with E-state index in [-0.39, 0.29) is 0 Å². The Hall–Kier alpha value is -1.32. The predicted octanol–water partition coefficient (Wildman–Crippen LogP) is 0.905. The van der Waals surface area contributed by atoms with Gasteiger partial charge in [-0.3, -0.25) is 0 Å². The van der Waals surface area contributed by atoms with Crippen LogP contribution in [0.5, 0.6) is 0 Å². The van der Waals surface area contributed by atoms with Gasteiger partial charge in [0.1, 0.15) is 11.6 Å². The first-order valence-corrected chi connectivity index (χ1v) is 4.54. The quantitative estimate of drug-likeness (QED) is 0.747. The Morgan fingerprint density at radius 3 is 2.77 bits per heavy atom. The highest BCUT2D eigenvalue weighted by Gasteiger charge is 2.23. The molecule has 1 aromatic heterocycles. The minimum absolute atomic E-state index is 0.476. The molecule has 0 amide bonds. The number of nitrogen functional groups attached to an aromatic ring is 1. The van der Waals surface area contributed by atoms with E-state index in [1.807, 2.05) is 7.05 Å². The van der Waals surface area contributed by atoms with E-state index < -0.39 is 0 Å². The number of nitrogens with zero attached hydrogens (tertiary/aromatic N) is 3. The fourth-order valence-electron chi connectivity index (χ4n) is 1.31. The molecule has 0 atom stereocenters. The number of hydrogen-bond acceptors (Lipinski definition) is 4. The minimum atomic E-state index is 0.476. The Kier molecular flexibility index (Phi) is 2.04. The topological polar surface area (TPSA) is 55.0 Å². The van der Waals surface area contributed by atoms with E-state index in [0.717, 1.165) is 18.3 Å². The van der Waals surface area contributed by atoms with E-state index in [2.05, 4.69) is 14.9 Å². The Bertz CT molecular complexity index is 278. The Morgan fingerprint density at radius 2 is 2.23 bits per heavy atom. The molecular formula is C9H14N4. The summed E-state index contributed by atoms with van der Waals surface area (Å²) in [6, 6.07) is 0. The normalized spacial score (nSPS) is 15.8. The second-order valence-corrected chi connectivity index (χ2v) is 3.62. The standard InChI is InChI=1S/C9H14N4/c1-13(6-7-2-3-7)9-5-11-8(10)4-12-9/h4-5,7H,2-3,6H2,1H3,(H2,10,11). The molecule has 1 heterocycles. The van der Waals surface area contributed by atoms with Crippen LogP contribution < -0.4 is 10.6 Å². The smallest absolute Gasteiger partial charge is 0.146 e. The van der Waals surface area contributed by atoms with Crippen molar-refractivity contribution >= 4 is 11.6 Å². The van der Waals surface area contributed by atoms with Gasteiger partial charge >= 0.3 is 0 Å². The molecule has 70 valence electrons. The molecule has 1 aliphatic carbocycles. The molecular weight excluding hydrogens is 164 g/mol. The van der Waals surface area contributed by atoms with Crippen molar-refractivity contribution in [3.05, 3.63) is 12.4 Å². The third-order valence-corrected chi connectivity index (χ3v) is 2.28. The highest BCUT2D eigenvalue weighted by molar-refractivity contribution is 5.38. The molecule has 0 aromatic carbocycles. The zero-order valence-electron chi connectivity index (χ0n) is 7.77. The van der Waals surface area contributed by atoms with Crippen LogP contribution in [0.1, 0.15) is 12.8 Å². The molecule has 13 heavy (non-hydrogen) atoms. The summed E-state index contributed by atoms with van der Waals surface area (Å²) in [7, 11) is 2.04. The van der Waals surface area contributed by atoms with E-state index in [9.17, 15) is 0 Å². The first-order valence-electron chi connectivity index (χ1n) is 4.54. The molecule has 0 saturated heterocycles. The summed E-state index contributed by atoms with van der Waals surface area (Å²) in [5.74, 6) is 2.24. The van der Waals surface area contributed by atoms with Crippen molar-refractivity contribution in [2.75, 3.05) is 24.2 Å². The van der Waals surface area contributed by atoms with Gasteiger partial charge in [-0.1, -0.05) is 0 Å². The van der Waals surface area contributed by atoms with Crippen molar-refractivity contribution in [3.63, 3.8) is 0 Å². The third-order valence-electron chi connectivity index (χ3n) is 2.28. The van der Waals surface area contributed by atoms with Crippen LogP contribution in [0.15, 0.2) is 12.4 Å². The van der Waals surface area contributed by atoms with E-state index in [0.29, 0.717) is 5.82 Å². The average molecular weight is 178 g/mol. The van der Waals surface area contributed by atoms with Crippen molar-refractivity contribution in [3.8, 4) is 0 Å². The van der Waals surface area contributed by atoms with Crippen LogP contribution in [-0.4, -0.2) is 23.6 Å². The molecule has 0 radical (unpaired) electrons. The van der Waals surface area contributed by atoms with E-state index in [4.69, 9.17) is 5.73 Å². The first-order chi connectivity index (χ1) is 6.25. The average Bonchev–Trinajstić information content (AvgIpc) is 2.89. The second kappa shape index (κ2) is 3.20. The lowest BCUT2D eigenvalue weighted by molar-refractivity contribution is 0.775. The molecule has 1 aliphatic rings. The van der Waals surface area contributed by atoms with Gasteiger partial charge in [0.15, 0.2) is 0 Å². The molecule has 0 bridgehead atoms. The summed E-state index contributed by atoms with van der Waals surface area (Å²) in [6.07, 6.45) is 6.02. The van der Waals surface area contributed by atoms with Crippen LogP contribution >= 0.6 is 0 Å². The molecule has 1 saturated carbocycles. The van der Waals surface area contributed by atoms with Crippen LogP contribution in [0.3, 0.4) is 0 Å². The zero-order valence-corrected chi connectivity index (χ0v) is 7.77. The number of aromatic nitrogens is 2. The van der Waals surface area contributed by atoms with Gasteiger partial charge in [-0.05, 0) is 18.8 Å². The third kappa shape index (κ3) is 2.08. The molecule has 0 unspecified atom stereocenters. The number of hydrogen-bond donors (Lipinski definition) is 1. The summed E-state index contributed by atoms with van der Waals surface area (Å²) in [5.41, 5.74) is 5.45. The summed E-state index contributed by atoms with van der Waals surface area (Å²) >= 11 is 0. The highest BCUT2D eigenvalue weighted by Crippen LogP contribution is 2.30. The molecule has 2 N–H and O–H groups in total. The van der Waals surface area contributed by atoms with Gasteiger partial charge in [0.05, 0.1) is 12.4 Å². The van der Waals surface area contributed by atoms with Crippen molar-refractivity contribution in [1.29, 1.82) is 0 Å². The van der Waals surface area contributed by atoms with Crippen molar-refractivity contribution in [1.82, 2.24) is 9.97 Å². The minimum Gasteiger partial charge on any atom is -0.382 e. The molecule has 1 fully saturated rings. The van der Waals surface area contributed by atoms with Crippen LogP contribution in [0.2, 0.25) is 0 Å². The summed E-state index contributed by atoms with van der Waals surface area (Å²) in [5, 5.41) is 0. The fourth-order valence-corrected chi connectivity index (χ4v) is 1.31. The zero-order chi connectivity index (χ0) is 9.26. The summed E-state index contributed by atoms with van der Waals surface area (Å²) in [4.78, 5) is 10.3. The molecule has 2 rings (SSSR count). The van der Waals surface area contributed by atoms with Crippen LogP contribution in [-0.2, 0) is 0 Å². The molecule has 0 aliphatic heterocycles. The van der Waals surface area contributed by atoms with Crippen LogP contribution in [0.4, 0.5) is 11.6 Å². The summed E-state index contributed by atoms with van der Waals surface area (Å²) < 4.78 is 0. The largest absolute Gasteiger partial charge is 0.382 e. The Balaban J connectivity index is 2.01. The van der Waals surface area contributed by atoms with Gasteiger partial charge in [-0.25, -0.2) is 9.97 Å². The SMILES string of the molecule is CN(CC1CC1)c1cnc(N)cn1. The van der Waals surface area contributed by atoms with Gasteiger partial charge in [0.2, 0.25) is 0 Å². The predicted molar refractivity (Wildman–Crippen MR) is 52.4 cm³/mol. The van der Waals surface area contributed by atoms with E-state index in [1.54, 1.807) is 12.4 Å². The van der Waals surface area contributed by atoms with Crippen LogP contribution in [0.25, 0.3) is 0 Å². The summed E-state index contributed by atoms with van der Waals surface area (Å²) in [6.45, 7) is 1.08. The second-order valence-electron chi connectivity index (χ2n) is 3.62. The fraction of sp³-hybridized carbons (Fsp3) is 0.556.